The average Bonchev–Trinajstić information content (AvgIpc) is 2.06. The van der Waals surface area contributed by atoms with Crippen molar-refractivity contribution < 1.29 is 4.43 Å². The summed E-state index contributed by atoms with van der Waals surface area (Å²) < 4.78 is 5.52. The molecule has 1 aliphatic carbocycles. The Hall–Kier alpha value is 0.177. The molecule has 0 radical (unpaired) electrons. The van der Waals surface area contributed by atoms with E-state index in [1.165, 1.54) is 19.3 Å². The normalized spacial score (nSPS) is 31.8. The van der Waals surface area contributed by atoms with E-state index in [0.29, 0.717) is 10.8 Å². The van der Waals surface area contributed by atoms with Crippen molar-refractivity contribution >= 4 is 10.5 Å². The van der Waals surface area contributed by atoms with Crippen LogP contribution in [0.15, 0.2) is 0 Å². The highest BCUT2D eigenvalue weighted by Crippen LogP contribution is 2.52. The average molecular weight is 228 g/mol. The molecule has 0 aromatic rings. The van der Waals surface area contributed by atoms with Gasteiger partial charge < -0.3 is 4.43 Å². The fraction of sp³-hybridized carbons (Fsp3) is 1.00. The van der Waals surface area contributed by atoms with Gasteiger partial charge in [0.2, 0.25) is 0 Å². The van der Waals surface area contributed by atoms with Gasteiger partial charge in [-0.25, -0.2) is 0 Å². The first-order valence-corrected chi connectivity index (χ1v) is 7.10. The lowest BCUT2D eigenvalue weighted by atomic mass is 9.55. The Morgan fingerprint density at radius 3 is 2.33 bits per heavy atom. The molecular formula is C13H28OSi. The zero-order valence-corrected chi connectivity index (χ0v) is 13.4. The number of rotatable bonds is 2. The lowest BCUT2D eigenvalue weighted by Crippen LogP contribution is -2.44. The van der Waals surface area contributed by atoms with Crippen LogP contribution in [0.5, 0.6) is 0 Å². The predicted molar refractivity (Wildman–Crippen MR) is 70.0 cm³/mol. The van der Waals surface area contributed by atoms with Gasteiger partial charge in [-0.3, -0.25) is 0 Å². The largest absolute Gasteiger partial charge is 0.428 e. The van der Waals surface area contributed by atoms with Gasteiger partial charge in [-0.05, 0) is 35.5 Å². The summed E-state index contributed by atoms with van der Waals surface area (Å²) in [7, 11) is 0.884. The van der Waals surface area contributed by atoms with Crippen molar-refractivity contribution in [2.24, 2.45) is 22.7 Å². The van der Waals surface area contributed by atoms with E-state index < -0.39 is 0 Å². The van der Waals surface area contributed by atoms with Gasteiger partial charge in [0.1, 0.15) is 10.5 Å². The van der Waals surface area contributed by atoms with Crippen LogP contribution in [0.25, 0.3) is 0 Å². The maximum atomic E-state index is 5.52. The highest BCUT2D eigenvalue weighted by molar-refractivity contribution is 5.97. The van der Waals surface area contributed by atoms with Crippen LogP contribution in [0.1, 0.15) is 53.9 Å². The number of hydrogen-bond acceptors (Lipinski definition) is 1. The lowest BCUT2D eigenvalue weighted by molar-refractivity contribution is -0.0267. The van der Waals surface area contributed by atoms with Crippen molar-refractivity contribution in [1.29, 1.82) is 0 Å². The molecule has 0 N–H and O–H groups in total. The van der Waals surface area contributed by atoms with Crippen LogP contribution in [-0.2, 0) is 4.43 Å². The molecule has 0 aliphatic heterocycles. The van der Waals surface area contributed by atoms with E-state index in [4.69, 9.17) is 4.43 Å². The zero-order valence-electron chi connectivity index (χ0n) is 11.4. The molecule has 1 saturated carbocycles. The second-order valence-electron chi connectivity index (χ2n) is 6.82. The molecule has 0 amide bonds. The second-order valence-corrected chi connectivity index (χ2v) is 7.40. The fourth-order valence-electron chi connectivity index (χ4n) is 3.65. The molecule has 0 heterocycles. The van der Waals surface area contributed by atoms with Gasteiger partial charge in [-0.2, -0.15) is 0 Å². The van der Waals surface area contributed by atoms with Crippen molar-refractivity contribution in [1.82, 2.24) is 0 Å². The summed E-state index contributed by atoms with van der Waals surface area (Å²) in [5.74, 6) is 1.61. The summed E-state index contributed by atoms with van der Waals surface area (Å²) in [5, 5.41) is 0. The molecule has 2 heteroatoms. The van der Waals surface area contributed by atoms with Crippen LogP contribution < -0.4 is 0 Å². The van der Waals surface area contributed by atoms with E-state index in [2.05, 4.69) is 34.6 Å². The smallest absolute Gasteiger partial charge is 0.145 e. The van der Waals surface area contributed by atoms with Crippen molar-refractivity contribution in [3.05, 3.63) is 0 Å². The standard InChI is InChI=1S/C13H28OSi/c1-12(2,3)11-8-6-7-10(9-14-15)13(11,4)5/h10-11H,6-9H2,1-5,15H3. The van der Waals surface area contributed by atoms with Gasteiger partial charge in [-0.15, -0.1) is 0 Å². The molecule has 0 aromatic heterocycles. The predicted octanol–water partition coefficient (Wildman–Crippen LogP) is 2.77. The van der Waals surface area contributed by atoms with Crippen LogP contribution in [0.3, 0.4) is 0 Å². The van der Waals surface area contributed by atoms with Crippen LogP contribution in [0.4, 0.5) is 0 Å². The number of hydrogen-bond donors (Lipinski definition) is 0. The second kappa shape index (κ2) is 4.58. The molecule has 0 saturated heterocycles. The summed E-state index contributed by atoms with van der Waals surface area (Å²) in [6.45, 7) is 13.1. The SMILES string of the molecule is CC(C)(C)C1CCCC(CO[SiH3])C1(C)C. The molecule has 1 rings (SSSR count). The maximum absolute atomic E-state index is 5.52. The van der Waals surface area contributed by atoms with Crippen molar-refractivity contribution in [3.8, 4) is 0 Å². The monoisotopic (exact) mass is 228 g/mol. The summed E-state index contributed by atoms with van der Waals surface area (Å²) >= 11 is 0. The van der Waals surface area contributed by atoms with E-state index in [0.717, 1.165) is 28.9 Å². The molecule has 2 unspecified atom stereocenters. The van der Waals surface area contributed by atoms with Crippen LogP contribution in [0, 0.1) is 22.7 Å². The minimum absolute atomic E-state index is 0.438. The molecule has 15 heavy (non-hydrogen) atoms. The summed E-state index contributed by atoms with van der Waals surface area (Å²) in [5.41, 5.74) is 0.883. The van der Waals surface area contributed by atoms with Gasteiger partial charge >= 0.3 is 0 Å². The molecule has 2 atom stereocenters. The third kappa shape index (κ3) is 2.85. The molecule has 1 aliphatic rings. The third-order valence-corrected chi connectivity index (χ3v) is 4.74. The maximum Gasteiger partial charge on any atom is 0.145 e. The minimum atomic E-state index is 0.438. The molecule has 1 fully saturated rings. The van der Waals surface area contributed by atoms with Gasteiger partial charge in [0.25, 0.3) is 0 Å². The minimum Gasteiger partial charge on any atom is -0.428 e. The van der Waals surface area contributed by atoms with E-state index >= 15 is 0 Å². The Morgan fingerprint density at radius 1 is 1.27 bits per heavy atom. The molecular weight excluding hydrogens is 200 g/mol. The quantitative estimate of drug-likeness (QED) is 0.661. The molecule has 1 nitrogen and oxygen atoms in total. The zero-order chi connectivity index (χ0) is 11.7. The molecule has 0 bridgehead atoms. The Labute approximate surface area is 98.5 Å². The van der Waals surface area contributed by atoms with E-state index in [1.807, 2.05) is 0 Å². The Bertz CT molecular complexity index is 203. The first-order chi connectivity index (χ1) is 6.80. The van der Waals surface area contributed by atoms with Crippen LogP contribution >= 0.6 is 0 Å². The van der Waals surface area contributed by atoms with E-state index in [9.17, 15) is 0 Å². The van der Waals surface area contributed by atoms with Crippen LogP contribution in [-0.4, -0.2) is 17.1 Å². The highest BCUT2D eigenvalue weighted by Gasteiger charge is 2.44. The van der Waals surface area contributed by atoms with Crippen LogP contribution in [0.2, 0.25) is 0 Å². The Kier molecular flexibility index (Phi) is 4.05. The first kappa shape index (κ1) is 13.2. The van der Waals surface area contributed by atoms with Crippen molar-refractivity contribution in [2.75, 3.05) is 6.61 Å². The fourth-order valence-corrected chi connectivity index (χ4v) is 4.05. The summed E-state index contributed by atoms with van der Waals surface area (Å²) in [6.07, 6.45) is 4.15. The van der Waals surface area contributed by atoms with E-state index in [-0.39, 0.29) is 0 Å². The third-order valence-electron chi connectivity index (χ3n) is 4.41. The lowest BCUT2D eigenvalue weighted by Gasteiger charge is -2.51. The van der Waals surface area contributed by atoms with Crippen molar-refractivity contribution in [3.63, 3.8) is 0 Å². The highest BCUT2D eigenvalue weighted by atomic mass is 28.2. The topological polar surface area (TPSA) is 9.23 Å². The van der Waals surface area contributed by atoms with Crippen molar-refractivity contribution in [2.45, 2.75) is 53.9 Å². The van der Waals surface area contributed by atoms with E-state index in [1.54, 1.807) is 0 Å². The van der Waals surface area contributed by atoms with Gasteiger partial charge in [0.05, 0.1) is 0 Å². The molecule has 0 aromatic carbocycles. The Balaban J connectivity index is 2.82. The summed E-state index contributed by atoms with van der Waals surface area (Å²) in [6, 6.07) is 0. The molecule has 0 spiro atoms. The first-order valence-electron chi connectivity index (χ1n) is 6.29. The van der Waals surface area contributed by atoms with Gasteiger partial charge in [-0.1, -0.05) is 41.0 Å². The van der Waals surface area contributed by atoms with Gasteiger partial charge in [0, 0.05) is 6.61 Å². The Morgan fingerprint density at radius 2 is 1.87 bits per heavy atom. The van der Waals surface area contributed by atoms with Gasteiger partial charge in [0.15, 0.2) is 0 Å². The summed E-state index contributed by atoms with van der Waals surface area (Å²) in [4.78, 5) is 0. The molecule has 90 valence electrons.